The normalized spacial score (nSPS) is 13.5. The fourth-order valence-electron chi connectivity index (χ4n) is 3.42. The summed E-state index contributed by atoms with van der Waals surface area (Å²) in [5.74, 6) is 1.00. The van der Waals surface area contributed by atoms with Crippen molar-refractivity contribution in [3.8, 4) is 11.3 Å². The zero-order valence-corrected chi connectivity index (χ0v) is 16.1. The molecule has 0 spiro atoms. The molecule has 0 bridgehead atoms. The predicted octanol–water partition coefficient (Wildman–Crippen LogP) is 2.50. The fourth-order valence-corrected chi connectivity index (χ4v) is 3.98. The van der Waals surface area contributed by atoms with Crippen LogP contribution in [0, 0.1) is 10.1 Å². The second kappa shape index (κ2) is 7.30. The van der Waals surface area contributed by atoms with Crippen LogP contribution < -0.4 is 10.0 Å². The lowest BCUT2D eigenvalue weighted by atomic mass is 10.2. The van der Waals surface area contributed by atoms with Crippen molar-refractivity contribution in [3.05, 3.63) is 70.2 Å². The topological polar surface area (TPSA) is 133 Å². The molecule has 2 N–H and O–H groups in total. The molecular weight excluding hydrogens is 396 g/mol. The van der Waals surface area contributed by atoms with Crippen molar-refractivity contribution in [2.24, 2.45) is 5.14 Å². The van der Waals surface area contributed by atoms with Crippen LogP contribution in [-0.4, -0.2) is 31.4 Å². The Morgan fingerprint density at radius 2 is 2.07 bits per heavy atom. The average Bonchev–Trinajstić information content (AvgIpc) is 3.32. The number of benzene rings is 2. The molecule has 0 saturated heterocycles. The summed E-state index contributed by atoms with van der Waals surface area (Å²) >= 11 is 0. The highest BCUT2D eigenvalue weighted by Crippen LogP contribution is 2.30. The third-order valence-corrected chi connectivity index (χ3v) is 5.77. The first-order chi connectivity index (χ1) is 13.8. The number of hydrogen-bond donors (Lipinski definition) is 1. The van der Waals surface area contributed by atoms with E-state index in [2.05, 4.69) is 9.88 Å². The lowest BCUT2D eigenvalue weighted by Crippen LogP contribution is -2.23. The van der Waals surface area contributed by atoms with Crippen molar-refractivity contribution in [1.82, 2.24) is 4.98 Å². The quantitative estimate of drug-likeness (QED) is 0.484. The molecule has 9 nitrogen and oxygen atoms in total. The van der Waals surface area contributed by atoms with Gasteiger partial charge in [0.25, 0.3) is 5.69 Å². The Labute approximate surface area is 167 Å². The maximum absolute atomic E-state index is 11.5. The first-order valence-electron chi connectivity index (χ1n) is 8.91. The number of nitrogens with two attached hydrogens (primary N) is 1. The van der Waals surface area contributed by atoms with Gasteiger partial charge in [-0.3, -0.25) is 10.1 Å². The first-order valence-corrected chi connectivity index (χ1v) is 10.5. The van der Waals surface area contributed by atoms with Gasteiger partial charge in [-0.1, -0.05) is 12.1 Å². The molecule has 0 aliphatic carbocycles. The highest BCUT2D eigenvalue weighted by Gasteiger charge is 2.22. The van der Waals surface area contributed by atoms with E-state index in [0.29, 0.717) is 30.2 Å². The van der Waals surface area contributed by atoms with Gasteiger partial charge in [0, 0.05) is 42.9 Å². The Bertz CT molecular complexity index is 1190. The second-order valence-corrected chi connectivity index (χ2v) is 8.31. The number of anilines is 1. The smallest absolute Gasteiger partial charge is 0.270 e. The summed E-state index contributed by atoms with van der Waals surface area (Å²) in [4.78, 5) is 17.0. The van der Waals surface area contributed by atoms with Gasteiger partial charge in [0.1, 0.15) is 0 Å². The third-order valence-electron chi connectivity index (χ3n) is 4.86. The van der Waals surface area contributed by atoms with E-state index >= 15 is 0 Å². The van der Waals surface area contributed by atoms with Crippen molar-refractivity contribution >= 4 is 21.4 Å². The van der Waals surface area contributed by atoms with Crippen LogP contribution in [0.1, 0.15) is 11.5 Å². The maximum atomic E-state index is 11.5. The minimum Gasteiger partial charge on any atom is -0.441 e. The van der Waals surface area contributed by atoms with E-state index in [1.807, 2.05) is 0 Å². The number of oxazole rings is 1. The number of primary sulfonamides is 1. The molecule has 0 amide bonds. The van der Waals surface area contributed by atoms with Crippen LogP contribution in [0.2, 0.25) is 0 Å². The van der Waals surface area contributed by atoms with Crippen LogP contribution in [-0.2, 0) is 22.9 Å². The largest absolute Gasteiger partial charge is 0.441 e. The van der Waals surface area contributed by atoms with Crippen LogP contribution in [0.5, 0.6) is 0 Å². The molecule has 29 heavy (non-hydrogen) atoms. The molecule has 1 aliphatic heterocycles. The number of hydrogen-bond acceptors (Lipinski definition) is 7. The van der Waals surface area contributed by atoms with Crippen LogP contribution in [0.25, 0.3) is 11.3 Å². The molecule has 0 unspecified atom stereocenters. The molecule has 4 rings (SSSR count). The number of sulfonamides is 1. The molecule has 0 radical (unpaired) electrons. The molecule has 3 aromatic rings. The molecule has 0 fully saturated rings. The average molecular weight is 414 g/mol. The summed E-state index contributed by atoms with van der Waals surface area (Å²) in [7, 11) is -3.71. The first kappa shape index (κ1) is 19.1. The number of aromatic nitrogens is 1. The van der Waals surface area contributed by atoms with Gasteiger partial charge in [-0.2, -0.15) is 0 Å². The zero-order valence-electron chi connectivity index (χ0n) is 15.3. The molecule has 1 aliphatic rings. The van der Waals surface area contributed by atoms with Crippen LogP contribution in [0.4, 0.5) is 11.4 Å². The van der Waals surface area contributed by atoms with E-state index in [0.717, 1.165) is 24.2 Å². The zero-order chi connectivity index (χ0) is 20.6. The molecule has 2 aromatic carbocycles. The minimum absolute atomic E-state index is 0.00649. The van der Waals surface area contributed by atoms with E-state index < -0.39 is 14.9 Å². The Morgan fingerprint density at radius 1 is 1.24 bits per heavy atom. The lowest BCUT2D eigenvalue weighted by Gasteiger charge is -2.18. The van der Waals surface area contributed by atoms with Gasteiger partial charge in [0.15, 0.2) is 11.7 Å². The minimum atomic E-state index is -3.71. The van der Waals surface area contributed by atoms with Gasteiger partial charge < -0.3 is 9.32 Å². The van der Waals surface area contributed by atoms with Crippen molar-refractivity contribution in [2.45, 2.75) is 17.7 Å². The summed E-state index contributed by atoms with van der Waals surface area (Å²) in [6, 6.07) is 11.1. The lowest BCUT2D eigenvalue weighted by molar-refractivity contribution is -0.384. The molecule has 2 heterocycles. The van der Waals surface area contributed by atoms with Crippen molar-refractivity contribution < 1.29 is 17.8 Å². The van der Waals surface area contributed by atoms with Gasteiger partial charge in [0.2, 0.25) is 10.0 Å². The monoisotopic (exact) mass is 414 g/mol. The molecule has 0 atom stereocenters. The maximum Gasteiger partial charge on any atom is 0.270 e. The number of non-ortho nitro benzene ring substituents is 1. The van der Waals surface area contributed by atoms with E-state index in [-0.39, 0.29) is 10.6 Å². The summed E-state index contributed by atoms with van der Waals surface area (Å²) in [5.41, 5.74) is 2.51. The summed E-state index contributed by atoms with van der Waals surface area (Å²) < 4.78 is 28.8. The molecule has 150 valence electrons. The highest BCUT2D eigenvalue weighted by molar-refractivity contribution is 7.89. The van der Waals surface area contributed by atoms with Gasteiger partial charge in [-0.25, -0.2) is 18.5 Å². The van der Waals surface area contributed by atoms with Crippen molar-refractivity contribution in [3.63, 3.8) is 0 Å². The Morgan fingerprint density at radius 3 is 2.83 bits per heavy atom. The Kier molecular flexibility index (Phi) is 4.81. The second-order valence-electron chi connectivity index (χ2n) is 6.75. The van der Waals surface area contributed by atoms with Crippen molar-refractivity contribution in [1.29, 1.82) is 0 Å². The number of fused-ring (bicyclic) bond motifs is 1. The van der Waals surface area contributed by atoms with Crippen LogP contribution in [0.15, 0.2) is 58.0 Å². The SMILES string of the molecule is NS(=O)(=O)c1ccc2c(c1)CCN2CCc1ncc(-c2cccc([N+](=O)[O-])c2)o1. The fraction of sp³-hybridized carbons (Fsp3) is 0.211. The number of rotatable bonds is 6. The molecule has 1 aromatic heterocycles. The van der Waals surface area contributed by atoms with Gasteiger partial charge in [-0.05, 0) is 30.2 Å². The predicted molar refractivity (Wildman–Crippen MR) is 106 cm³/mol. The third kappa shape index (κ3) is 3.98. The van der Waals surface area contributed by atoms with Gasteiger partial charge in [0.05, 0.1) is 16.0 Å². The standard InChI is InChI=1S/C19H18N4O5S/c20-29(26,27)16-4-5-17-13(11-16)6-8-22(17)9-7-19-21-12-18(28-19)14-2-1-3-15(10-14)23(24)25/h1-5,10-12H,6-9H2,(H2,20,26,27). The summed E-state index contributed by atoms with van der Waals surface area (Å²) in [5, 5.41) is 16.1. The summed E-state index contributed by atoms with van der Waals surface area (Å²) in [6.45, 7) is 1.42. The molecular formula is C19H18N4O5S. The van der Waals surface area contributed by atoms with Gasteiger partial charge >= 0.3 is 0 Å². The highest BCUT2D eigenvalue weighted by atomic mass is 32.2. The van der Waals surface area contributed by atoms with Gasteiger partial charge in [-0.15, -0.1) is 0 Å². The summed E-state index contributed by atoms with van der Waals surface area (Å²) in [6.07, 6.45) is 2.85. The van der Waals surface area contributed by atoms with E-state index in [4.69, 9.17) is 9.56 Å². The van der Waals surface area contributed by atoms with E-state index in [1.54, 1.807) is 30.5 Å². The number of nitro groups is 1. The van der Waals surface area contributed by atoms with Crippen molar-refractivity contribution in [2.75, 3.05) is 18.0 Å². The molecule has 0 saturated carbocycles. The number of nitro benzene ring substituents is 1. The van der Waals surface area contributed by atoms with Crippen LogP contribution in [0.3, 0.4) is 0 Å². The Balaban J connectivity index is 1.45. The van der Waals surface area contributed by atoms with Crippen LogP contribution >= 0.6 is 0 Å². The number of nitrogens with zero attached hydrogens (tertiary/aromatic N) is 3. The molecule has 10 heteroatoms. The van der Waals surface area contributed by atoms with E-state index in [1.165, 1.54) is 18.2 Å². The van der Waals surface area contributed by atoms with E-state index in [9.17, 15) is 18.5 Å². The Hall–Kier alpha value is -3.24.